The van der Waals surface area contributed by atoms with Gasteiger partial charge in [-0.3, -0.25) is 0 Å². The number of hydrogen-bond donors (Lipinski definition) is 0. The fourth-order valence-corrected chi connectivity index (χ4v) is 1.61. The zero-order valence-electron chi connectivity index (χ0n) is 12.3. The van der Waals surface area contributed by atoms with Crippen LogP contribution in [0.1, 0.15) is 59.8 Å². The average Bonchev–Trinajstić information content (AvgIpc) is 2.25. The predicted octanol–water partition coefficient (Wildman–Crippen LogP) is 5.92. The van der Waals surface area contributed by atoms with Crippen molar-refractivity contribution in [1.29, 1.82) is 0 Å². The minimum atomic E-state index is 0.600. The summed E-state index contributed by atoms with van der Waals surface area (Å²) < 4.78 is 0. The molecule has 0 aromatic heterocycles. The predicted molar refractivity (Wildman–Crippen MR) is 80.2 cm³/mol. The van der Waals surface area contributed by atoms with E-state index >= 15 is 0 Å². The lowest BCUT2D eigenvalue weighted by Gasteiger charge is -2.12. The summed E-state index contributed by atoms with van der Waals surface area (Å²) in [5.41, 5.74) is 4.07. The summed E-state index contributed by atoms with van der Waals surface area (Å²) in [5, 5.41) is 0. The van der Waals surface area contributed by atoms with Crippen LogP contribution in [-0.2, 0) is 0 Å². The molecule has 0 fully saturated rings. The van der Waals surface area contributed by atoms with Gasteiger partial charge in [0.05, 0.1) is 0 Å². The second kappa shape index (κ2) is 8.33. The van der Waals surface area contributed by atoms with E-state index in [1.165, 1.54) is 23.1 Å². The molecule has 0 amide bonds. The van der Waals surface area contributed by atoms with Gasteiger partial charge in [0.25, 0.3) is 0 Å². The molecule has 0 nitrogen and oxygen atoms in total. The van der Waals surface area contributed by atoms with Gasteiger partial charge in [0.2, 0.25) is 0 Å². The zero-order chi connectivity index (χ0) is 13.4. The molecule has 98 valence electrons. The Labute approximate surface area is 109 Å². The van der Waals surface area contributed by atoms with Gasteiger partial charge in [-0.05, 0) is 43.9 Å². The van der Waals surface area contributed by atoms with Crippen LogP contribution >= 0.6 is 0 Å². The lowest BCUT2D eigenvalue weighted by Crippen LogP contribution is -1.95. The van der Waals surface area contributed by atoms with Gasteiger partial charge in [-0.1, -0.05) is 64.2 Å². The molecule has 0 aromatic rings. The van der Waals surface area contributed by atoms with Crippen LogP contribution in [0, 0.1) is 11.8 Å². The van der Waals surface area contributed by atoms with Gasteiger partial charge in [0.15, 0.2) is 0 Å². The Morgan fingerprint density at radius 2 is 1.18 bits per heavy atom. The molecule has 0 bridgehead atoms. The quantitative estimate of drug-likeness (QED) is 0.434. The van der Waals surface area contributed by atoms with E-state index in [1.54, 1.807) is 0 Å². The molecule has 0 aliphatic heterocycles. The molecule has 0 heteroatoms. The van der Waals surface area contributed by atoms with Crippen LogP contribution in [-0.4, -0.2) is 0 Å². The van der Waals surface area contributed by atoms with Crippen molar-refractivity contribution in [3.63, 3.8) is 0 Å². The molecule has 0 saturated carbocycles. The third-order valence-electron chi connectivity index (χ3n) is 3.46. The van der Waals surface area contributed by atoms with Crippen LogP contribution in [0.25, 0.3) is 0 Å². The molecule has 0 N–H and O–H groups in total. The van der Waals surface area contributed by atoms with Crippen molar-refractivity contribution in [2.24, 2.45) is 11.8 Å². The molecule has 0 saturated heterocycles. The zero-order valence-corrected chi connectivity index (χ0v) is 12.3. The fraction of sp³-hybridized carbons (Fsp3) is 0.647. The van der Waals surface area contributed by atoms with Crippen molar-refractivity contribution in [3.8, 4) is 0 Å². The summed E-state index contributed by atoms with van der Waals surface area (Å²) in [6.07, 6.45) is 5.68. The molecule has 17 heavy (non-hydrogen) atoms. The van der Waals surface area contributed by atoms with Gasteiger partial charge < -0.3 is 0 Å². The van der Waals surface area contributed by atoms with Crippen LogP contribution in [0.15, 0.2) is 36.5 Å². The van der Waals surface area contributed by atoms with Crippen molar-refractivity contribution < 1.29 is 0 Å². The summed E-state index contributed by atoms with van der Waals surface area (Å²) in [5.74, 6) is 1.22. The molecule has 0 aromatic carbocycles. The van der Waals surface area contributed by atoms with Gasteiger partial charge in [-0.25, -0.2) is 0 Å². The highest BCUT2D eigenvalue weighted by Crippen LogP contribution is 2.21. The van der Waals surface area contributed by atoms with Gasteiger partial charge in [0.1, 0.15) is 0 Å². The van der Waals surface area contributed by atoms with E-state index in [1.807, 2.05) is 0 Å². The van der Waals surface area contributed by atoms with E-state index in [9.17, 15) is 0 Å². The first-order valence-corrected chi connectivity index (χ1v) is 6.86. The average molecular weight is 234 g/mol. The second-order valence-electron chi connectivity index (χ2n) is 5.73. The molecular formula is C17H30. The highest BCUT2D eigenvalue weighted by atomic mass is 14.1. The first kappa shape index (κ1) is 16.2. The van der Waals surface area contributed by atoms with E-state index in [0.717, 1.165) is 25.7 Å². The van der Waals surface area contributed by atoms with Crippen LogP contribution < -0.4 is 0 Å². The third-order valence-corrected chi connectivity index (χ3v) is 3.46. The molecule has 0 radical (unpaired) electrons. The van der Waals surface area contributed by atoms with Gasteiger partial charge in [-0.2, -0.15) is 0 Å². The molecule has 0 aliphatic carbocycles. The minimum Gasteiger partial charge on any atom is -0.0999 e. The Bertz CT molecular complexity index is 266. The Morgan fingerprint density at radius 3 is 1.65 bits per heavy atom. The Balaban J connectivity index is 3.67. The molecule has 0 unspecified atom stereocenters. The van der Waals surface area contributed by atoms with E-state index in [4.69, 9.17) is 0 Å². The molecule has 0 heterocycles. The normalized spacial score (nSPS) is 10.9. The topological polar surface area (TPSA) is 0 Å². The van der Waals surface area contributed by atoms with Crippen LogP contribution in [0.2, 0.25) is 0 Å². The highest BCUT2D eigenvalue weighted by Gasteiger charge is 2.03. The highest BCUT2D eigenvalue weighted by molar-refractivity contribution is 5.05. The summed E-state index contributed by atoms with van der Waals surface area (Å²) in [6, 6.07) is 0. The van der Waals surface area contributed by atoms with Gasteiger partial charge >= 0.3 is 0 Å². The Hall–Kier alpha value is -0.780. The van der Waals surface area contributed by atoms with Gasteiger partial charge in [0, 0.05) is 0 Å². The van der Waals surface area contributed by atoms with Crippen molar-refractivity contribution in [3.05, 3.63) is 36.5 Å². The number of allylic oxidation sites excluding steroid dienone is 3. The fourth-order valence-electron chi connectivity index (χ4n) is 1.61. The van der Waals surface area contributed by atoms with Crippen molar-refractivity contribution in [2.45, 2.75) is 59.8 Å². The maximum atomic E-state index is 4.16. The summed E-state index contributed by atoms with van der Waals surface area (Å²) >= 11 is 0. The molecule has 0 aliphatic rings. The van der Waals surface area contributed by atoms with E-state index in [0.29, 0.717) is 11.8 Å². The standard InChI is InChI=1S/C17H30/c1-13(2)16(6)10-8-9-15(5)11-12-17(7)14(3)4/h13-14H,5-12H2,1-4H3. The molecule has 0 spiro atoms. The smallest absolute Gasteiger partial charge is 0.0263 e. The summed E-state index contributed by atoms with van der Waals surface area (Å²) in [7, 11) is 0. The largest absolute Gasteiger partial charge is 0.0999 e. The summed E-state index contributed by atoms with van der Waals surface area (Å²) in [6.45, 7) is 21.2. The van der Waals surface area contributed by atoms with Crippen LogP contribution in [0.3, 0.4) is 0 Å². The first-order chi connectivity index (χ1) is 7.84. The molecule has 0 atom stereocenters. The van der Waals surface area contributed by atoms with E-state index < -0.39 is 0 Å². The van der Waals surface area contributed by atoms with Crippen molar-refractivity contribution >= 4 is 0 Å². The van der Waals surface area contributed by atoms with E-state index in [2.05, 4.69) is 47.4 Å². The lowest BCUT2D eigenvalue weighted by molar-refractivity contribution is 0.664. The monoisotopic (exact) mass is 234 g/mol. The second-order valence-corrected chi connectivity index (χ2v) is 5.73. The minimum absolute atomic E-state index is 0.600. The SMILES string of the molecule is C=C(CCCC(=C)C(C)C)CCC(=C)C(C)C. The molecular weight excluding hydrogens is 204 g/mol. The van der Waals surface area contributed by atoms with Crippen LogP contribution in [0.5, 0.6) is 0 Å². The number of rotatable bonds is 9. The summed E-state index contributed by atoms with van der Waals surface area (Å²) in [4.78, 5) is 0. The van der Waals surface area contributed by atoms with E-state index in [-0.39, 0.29) is 0 Å². The molecule has 0 rings (SSSR count). The Morgan fingerprint density at radius 1 is 0.706 bits per heavy atom. The first-order valence-electron chi connectivity index (χ1n) is 6.86. The third kappa shape index (κ3) is 8.01. The Kier molecular flexibility index (Phi) is 7.95. The van der Waals surface area contributed by atoms with Crippen molar-refractivity contribution in [1.82, 2.24) is 0 Å². The van der Waals surface area contributed by atoms with Gasteiger partial charge in [-0.15, -0.1) is 0 Å². The van der Waals surface area contributed by atoms with Crippen molar-refractivity contribution in [2.75, 3.05) is 0 Å². The maximum absolute atomic E-state index is 4.16. The lowest BCUT2D eigenvalue weighted by atomic mass is 9.94. The van der Waals surface area contributed by atoms with Crippen LogP contribution in [0.4, 0.5) is 0 Å². The maximum Gasteiger partial charge on any atom is -0.0263 e. The number of hydrogen-bond acceptors (Lipinski definition) is 0.